The Bertz CT molecular complexity index is 1020. The van der Waals surface area contributed by atoms with E-state index in [4.69, 9.17) is 5.10 Å². The summed E-state index contributed by atoms with van der Waals surface area (Å²) in [6.07, 6.45) is 6.35. The first-order valence-electron chi connectivity index (χ1n) is 14.4. The van der Waals surface area contributed by atoms with E-state index in [0.717, 1.165) is 87.6 Å². The fraction of sp³-hybridized carbons (Fsp3) is 0.667. The first kappa shape index (κ1) is 27.6. The van der Waals surface area contributed by atoms with E-state index in [-0.39, 0.29) is 11.7 Å². The Morgan fingerprint density at radius 1 is 1.03 bits per heavy atom. The number of aryl methyl sites for hydroxylation is 1. The maximum Gasteiger partial charge on any atom is 0.225 e. The lowest BCUT2D eigenvalue weighted by molar-refractivity contribution is -0.137. The predicted molar refractivity (Wildman–Crippen MR) is 149 cm³/mol. The van der Waals surface area contributed by atoms with Crippen molar-refractivity contribution in [2.24, 2.45) is 11.8 Å². The van der Waals surface area contributed by atoms with Gasteiger partial charge in [-0.05, 0) is 63.3 Å². The molecule has 1 aromatic heterocycles. The van der Waals surface area contributed by atoms with Gasteiger partial charge in [-0.25, -0.2) is 9.07 Å². The molecule has 0 N–H and O–H groups in total. The van der Waals surface area contributed by atoms with Crippen LogP contribution in [0.2, 0.25) is 0 Å². The van der Waals surface area contributed by atoms with Crippen molar-refractivity contribution in [3.05, 3.63) is 41.3 Å². The Morgan fingerprint density at radius 2 is 1.68 bits per heavy atom. The van der Waals surface area contributed by atoms with Crippen LogP contribution < -0.4 is 4.90 Å². The summed E-state index contributed by atoms with van der Waals surface area (Å²) in [6, 6.07) is 7.13. The lowest BCUT2D eigenvalue weighted by atomic mass is 9.88. The lowest BCUT2D eigenvalue weighted by Gasteiger charge is -2.39. The third-order valence-electron chi connectivity index (χ3n) is 7.99. The molecule has 0 bridgehead atoms. The molecule has 1 aromatic carbocycles. The second-order valence-electron chi connectivity index (χ2n) is 11.6. The fourth-order valence-electron chi connectivity index (χ4n) is 5.94. The second kappa shape index (κ2) is 12.4. The Labute approximate surface area is 222 Å². The number of carbonyl (C=O) groups excluding carboxylic acids is 1. The number of aromatic nitrogens is 2. The molecule has 1 saturated heterocycles. The quantitative estimate of drug-likeness (QED) is 0.435. The normalized spacial score (nSPS) is 17.7. The number of hydrogen-bond donors (Lipinski definition) is 0. The van der Waals surface area contributed by atoms with Crippen LogP contribution in [0.3, 0.4) is 0 Å². The van der Waals surface area contributed by atoms with Crippen LogP contribution in [0.5, 0.6) is 0 Å². The highest BCUT2D eigenvalue weighted by molar-refractivity contribution is 5.79. The van der Waals surface area contributed by atoms with Crippen molar-refractivity contribution >= 4 is 11.7 Å². The van der Waals surface area contributed by atoms with Gasteiger partial charge in [0.15, 0.2) is 0 Å². The van der Waals surface area contributed by atoms with Gasteiger partial charge in [-0.1, -0.05) is 40.0 Å². The van der Waals surface area contributed by atoms with Gasteiger partial charge >= 0.3 is 0 Å². The molecule has 1 aliphatic heterocycles. The molecule has 1 amide bonds. The molecule has 2 heterocycles. The Kier molecular flexibility index (Phi) is 9.27. The Hall–Kier alpha value is -2.41. The molecule has 1 aliphatic carbocycles. The van der Waals surface area contributed by atoms with E-state index in [1.165, 1.54) is 18.6 Å². The summed E-state index contributed by atoms with van der Waals surface area (Å²) in [5.41, 5.74) is 3.03. The molecule has 0 atom stereocenters. The molecule has 4 rings (SSSR count). The van der Waals surface area contributed by atoms with E-state index >= 15 is 0 Å². The molecule has 2 aromatic rings. The first-order valence-corrected chi connectivity index (χ1v) is 14.4. The number of benzene rings is 1. The van der Waals surface area contributed by atoms with Gasteiger partial charge in [0.1, 0.15) is 11.6 Å². The summed E-state index contributed by atoms with van der Waals surface area (Å²) in [7, 11) is 0. The summed E-state index contributed by atoms with van der Waals surface area (Å²) >= 11 is 0. The van der Waals surface area contributed by atoms with Gasteiger partial charge in [-0.3, -0.25) is 9.69 Å². The third kappa shape index (κ3) is 6.54. The number of nitrogens with zero attached hydrogens (tertiary/aromatic N) is 5. The van der Waals surface area contributed by atoms with Gasteiger partial charge in [0.25, 0.3) is 0 Å². The monoisotopic (exact) mass is 511 g/mol. The van der Waals surface area contributed by atoms with Crippen LogP contribution in [0.15, 0.2) is 24.3 Å². The minimum atomic E-state index is -0.250. The zero-order valence-corrected chi connectivity index (χ0v) is 23.5. The summed E-state index contributed by atoms with van der Waals surface area (Å²) in [5, 5.41) is 5.06. The molecule has 37 heavy (non-hydrogen) atoms. The Morgan fingerprint density at radius 3 is 2.24 bits per heavy atom. The molecular formula is C30H46FN5O. The van der Waals surface area contributed by atoms with Crippen molar-refractivity contribution in [3.63, 3.8) is 0 Å². The number of amides is 1. The molecule has 1 saturated carbocycles. The molecule has 2 fully saturated rings. The summed E-state index contributed by atoms with van der Waals surface area (Å²) in [4.78, 5) is 20.8. The number of halogens is 1. The van der Waals surface area contributed by atoms with Crippen molar-refractivity contribution in [3.8, 4) is 5.69 Å². The van der Waals surface area contributed by atoms with Crippen LogP contribution in [-0.2, 0) is 17.8 Å². The SMILES string of the molecule is CCc1nn(-c2ccc(F)cc2)c(N2CCN(C(C)C)CC2)c1CN(CC(C)C)C(=O)C1CCCCC1. The second-order valence-corrected chi connectivity index (χ2v) is 11.6. The highest BCUT2D eigenvalue weighted by Crippen LogP contribution is 2.33. The van der Waals surface area contributed by atoms with Crippen LogP contribution in [0.25, 0.3) is 5.69 Å². The molecule has 0 radical (unpaired) electrons. The molecular weight excluding hydrogens is 465 g/mol. The Balaban J connectivity index is 1.73. The minimum Gasteiger partial charge on any atom is -0.354 e. The van der Waals surface area contributed by atoms with E-state index in [1.54, 1.807) is 12.1 Å². The van der Waals surface area contributed by atoms with Crippen molar-refractivity contribution in [1.29, 1.82) is 0 Å². The summed E-state index contributed by atoms with van der Waals surface area (Å²) in [6.45, 7) is 16.1. The maximum absolute atomic E-state index is 13.8. The van der Waals surface area contributed by atoms with Gasteiger partial charge in [0.05, 0.1) is 17.9 Å². The number of carbonyl (C=O) groups is 1. The molecule has 0 unspecified atom stereocenters. The molecule has 204 valence electrons. The van der Waals surface area contributed by atoms with E-state index in [2.05, 4.69) is 49.3 Å². The zero-order valence-electron chi connectivity index (χ0n) is 23.5. The maximum atomic E-state index is 13.8. The largest absolute Gasteiger partial charge is 0.354 e. The molecule has 7 heteroatoms. The number of piperazine rings is 1. The highest BCUT2D eigenvalue weighted by Gasteiger charge is 2.31. The topological polar surface area (TPSA) is 44.6 Å². The van der Waals surface area contributed by atoms with E-state index in [9.17, 15) is 9.18 Å². The standard InChI is InChI=1S/C30H46FN5O/c1-6-28-27(21-35(20-22(2)3)30(37)24-10-8-7-9-11-24)29(34-18-16-33(17-19-34)23(4)5)36(32-28)26-14-12-25(31)13-15-26/h12-15,22-24H,6-11,16-21H2,1-5H3. The summed E-state index contributed by atoms with van der Waals surface area (Å²) in [5.74, 6) is 1.66. The molecule has 2 aliphatic rings. The van der Waals surface area contributed by atoms with Crippen LogP contribution in [-0.4, -0.2) is 64.3 Å². The van der Waals surface area contributed by atoms with Gasteiger partial charge < -0.3 is 9.80 Å². The smallest absolute Gasteiger partial charge is 0.225 e. The average molecular weight is 512 g/mol. The van der Waals surface area contributed by atoms with Crippen molar-refractivity contribution in [2.45, 2.75) is 85.7 Å². The van der Waals surface area contributed by atoms with Gasteiger partial charge in [-0.2, -0.15) is 5.10 Å². The van der Waals surface area contributed by atoms with Crippen LogP contribution in [0, 0.1) is 17.7 Å². The predicted octanol–water partition coefficient (Wildman–Crippen LogP) is 5.67. The van der Waals surface area contributed by atoms with Crippen LogP contribution in [0.4, 0.5) is 10.2 Å². The van der Waals surface area contributed by atoms with Gasteiger partial charge in [-0.15, -0.1) is 0 Å². The number of rotatable bonds is 9. The van der Waals surface area contributed by atoms with E-state index < -0.39 is 0 Å². The molecule has 6 nitrogen and oxygen atoms in total. The van der Waals surface area contributed by atoms with Crippen molar-refractivity contribution < 1.29 is 9.18 Å². The van der Waals surface area contributed by atoms with Crippen LogP contribution >= 0.6 is 0 Å². The average Bonchev–Trinajstić information content (AvgIpc) is 3.26. The summed E-state index contributed by atoms with van der Waals surface area (Å²) < 4.78 is 15.8. The van der Waals surface area contributed by atoms with Crippen molar-refractivity contribution in [1.82, 2.24) is 19.6 Å². The third-order valence-corrected chi connectivity index (χ3v) is 7.99. The fourth-order valence-corrected chi connectivity index (χ4v) is 5.94. The highest BCUT2D eigenvalue weighted by atomic mass is 19.1. The van der Waals surface area contributed by atoms with Gasteiger partial charge in [0, 0.05) is 50.2 Å². The van der Waals surface area contributed by atoms with Crippen molar-refractivity contribution in [2.75, 3.05) is 37.6 Å². The van der Waals surface area contributed by atoms with Crippen LogP contribution in [0.1, 0.15) is 78.0 Å². The van der Waals surface area contributed by atoms with Gasteiger partial charge in [0.2, 0.25) is 5.91 Å². The first-order chi connectivity index (χ1) is 17.8. The molecule has 0 spiro atoms. The number of anilines is 1. The minimum absolute atomic E-state index is 0.141. The van der Waals surface area contributed by atoms with E-state index in [1.807, 2.05) is 4.68 Å². The zero-order chi connectivity index (χ0) is 26.5. The number of hydrogen-bond acceptors (Lipinski definition) is 4. The van der Waals surface area contributed by atoms with E-state index in [0.29, 0.717) is 24.4 Å². The lowest BCUT2D eigenvalue weighted by Crippen LogP contribution is -2.49.